The molecule has 0 bridgehead atoms. The smallest absolute Gasteiger partial charge is 0.368 e. The third-order valence-electron chi connectivity index (χ3n) is 4.11. The minimum Gasteiger partial charge on any atom is -0.368 e. The summed E-state index contributed by atoms with van der Waals surface area (Å²) in [5.74, 6) is -1.22. The molecule has 0 aliphatic carbocycles. The fourth-order valence-corrected chi connectivity index (χ4v) is 3.38. The van der Waals surface area contributed by atoms with Crippen molar-refractivity contribution in [1.29, 1.82) is 0 Å². The number of nitrogens with zero attached hydrogens (tertiary/aromatic N) is 1. The number of carbonyl (C=O) groups excluding carboxylic acids is 2. The van der Waals surface area contributed by atoms with Crippen LogP contribution in [0.3, 0.4) is 0 Å². The van der Waals surface area contributed by atoms with Crippen LogP contribution in [0.4, 0.5) is 18.9 Å². The predicted molar refractivity (Wildman–Crippen MR) is 97.1 cm³/mol. The van der Waals surface area contributed by atoms with E-state index < -0.39 is 29.7 Å². The molecule has 2 N–H and O–H groups in total. The maximum absolute atomic E-state index is 13.2. The monoisotopic (exact) mass is 413 g/mol. The number of thiazole rings is 1. The lowest BCUT2D eigenvalue weighted by Gasteiger charge is -2.15. The van der Waals surface area contributed by atoms with E-state index in [1.54, 1.807) is 5.38 Å². The highest BCUT2D eigenvalue weighted by Crippen LogP contribution is 2.32. The molecule has 1 saturated heterocycles. The lowest BCUT2D eigenvalue weighted by atomic mass is 10.1. The number of carbonyl (C=O) groups is 2. The molecule has 0 spiro atoms. The Labute approximate surface area is 163 Å². The van der Waals surface area contributed by atoms with Gasteiger partial charge < -0.3 is 15.4 Å². The van der Waals surface area contributed by atoms with Gasteiger partial charge in [-0.3, -0.25) is 9.59 Å². The molecule has 0 saturated carbocycles. The summed E-state index contributed by atoms with van der Waals surface area (Å²) >= 11 is 1.41. The number of aryl methyl sites for hydroxylation is 1. The number of hydrogen-bond donors (Lipinski definition) is 2. The Morgan fingerprint density at radius 1 is 1.32 bits per heavy atom. The van der Waals surface area contributed by atoms with Gasteiger partial charge in [-0.1, -0.05) is 0 Å². The SMILES string of the molecule is Cc1nc(CNC(=O)c2cc(NC(=O)[C@@H]3CCCO3)cc(C(F)(F)F)c2)cs1. The summed E-state index contributed by atoms with van der Waals surface area (Å²) < 4.78 is 44.9. The highest BCUT2D eigenvalue weighted by molar-refractivity contribution is 7.09. The van der Waals surface area contributed by atoms with Crippen LogP contribution >= 0.6 is 11.3 Å². The third kappa shape index (κ3) is 5.08. The Hall–Kier alpha value is -2.46. The zero-order chi connectivity index (χ0) is 20.3. The lowest BCUT2D eigenvalue weighted by Crippen LogP contribution is -2.28. The Morgan fingerprint density at radius 3 is 2.71 bits per heavy atom. The van der Waals surface area contributed by atoms with Gasteiger partial charge in [0.1, 0.15) is 6.10 Å². The fraction of sp³-hybridized carbons (Fsp3) is 0.389. The van der Waals surface area contributed by atoms with Gasteiger partial charge in [-0.2, -0.15) is 13.2 Å². The van der Waals surface area contributed by atoms with Crippen LogP contribution in [0.2, 0.25) is 0 Å². The normalized spacial score (nSPS) is 16.8. The molecule has 1 aliphatic heterocycles. The maximum Gasteiger partial charge on any atom is 0.416 e. The number of alkyl halides is 3. The molecule has 2 aromatic rings. The van der Waals surface area contributed by atoms with Crippen LogP contribution in [-0.4, -0.2) is 29.5 Å². The van der Waals surface area contributed by atoms with E-state index >= 15 is 0 Å². The fourth-order valence-electron chi connectivity index (χ4n) is 2.76. The summed E-state index contributed by atoms with van der Waals surface area (Å²) in [4.78, 5) is 28.7. The van der Waals surface area contributed by atoms with Gasteiger partial charge >= 0.3 is 6.18 Å². The lowest BCUT2D eigenvalue weighted by molar-refractivity contribution is -0.137. The molecule has 10 heteroatoms. The summed E-state index contributed by atoms with van der Waals surface area (Å²) in [7, 11) is 0. The van der Waals surface area contributed by atoms with Gasteiger partial charge in [0.25, 0.3) is 11.8 Å². The first-order chi connectivity index (χ1) is 13.2. The molecule has 3 rings (SSSR count). The van der Waals surface area contributed by atoms with Crippen molar-refractivity contribution in [2.24, 2.45) is 0 Å². The average Bonchev–Trinajstić information content (AvgIpc) is 3.30. The number of benzene rings is 1. The molecule has 1 aromatic carbocycles. The number of aromatic nitrogens is 1. The van der Waals surface area contributed by atoms with Crippen molar-refractivity contribution in [3.05, 3.63) is 45.4 Å². The highest BCUT2D eigenvalue weighted by Gasteiger charge is 2.32. The average molecular weight is 413 g/mol. The van der Waals surface area contributed by atoms with Crippen LogP contribution in [-0.2, 0) is 22.3 Å². The van der Waals surface area contributed by atoms with Gasteiger partial charge in [0.15, 0.2) is 0 Å². The van der Waals surface area contributed by atoms with Crippen LogP contribution in [0.5, 0.6) is 0 Å². The van der Waals surface area contributed by atoms with Gasteiger partial charge in [-0.05, 0) is 38.0 Å². The zero-order valence-corrected chi connectivity index (χ0v) is 15.7. The number of hydrogen-bond acceptors (Lipinski definition) is 5. The van der Waals surface area contributed by atoms with Crippen LogP contribution in [0.25, 0.3) is 0 Å². The van der Waals surface area contributed by atoms with E-state index in [1.165, 1.54) is 17.4 Å². The molecule has 28 heavy (non-hydrogen) atoms. The van der Waals surface area contributed by atoms with Crippen molar-refractivity contribution in [3.8, 4) is 0 Å². The highest BCUT2D eigenvalue weighted by atomic mass is 32.1. The van der Waals surface area contributed by atoms with Crippen LogP contribution < -0.4 is 10.6 Å². The first-order valence-electron chi connectivity index (χ1n) is 8.56. The summed E-state index contributed by atoms with van der Waals surface area (Å²) in [6.45, 7) is 2.34. The number of amides is 2. The minimum absolute atomic E-state index is 0.0943. The Morgan fingerprint density at radius 2 is 2.11 bits per heavy atom. The molecule has 1 aliphatic rings. The molecule has 1 fully saturated rings. The molecule has 2 heterocycles. The largest absolute Gasteiger partial charge is 0.416 e. The maximum atomic E-state index is 13.2. The van der Waals surface area contributed by atoms with Gasteiger partial charge in [0, 0.05) is 23.2 Å². The number of ether oxygens (including phenoxy) is 1. The van der Waals surface area contributed by atoms with Crippen molar-refractivity contribution in [1.82, 2.24) is 10.3 Å². The van der Waals surface area contributed by atoms with E-state index in [2.05, 4.69) is 15.6 Å². The van der Waals surface area contributed by atoms with Gasteiger partial charge in [-0.15, -0.1) is 11.3 Å². The van der Waals surface area contributed by atoms with Crippen molar-refractivity contribution in [2.75, 3.05) is 11.9 Å². The van der Waals surface area contributed by atoms with Crippen LogP contribution in [0, 0.1) is 6.92 Å². The first kappa shape index (κ1) is 20.3. The Kier molecular flexibility index (Phi) is 5.99. The van der Waals surface area contributed by atoms with Gasteiger partial charge in [0.05, 0.1) is 22.8 Å². The summed E-state index contributed by atoms with van der Waals surface area (Å²) in [5, 5.41) is 7.54. The molecule has 2 amide bonds. The van der Waals surface area contributed by atoms with E-state index in [4.69, 9.17) is 4.74 Å². The second-order valence-corrected chi connectivity index (χ2v) is 7.39. The number of anilines is 1. The summed E-state index contributed by atoms with van der Waals surface area (Å²) in [6.07, 6.45) is -4.14. The zero-order valence-electron chi connectivity index (χ0n) is 14.9. The topological polar surface area (TPSA) is 80.3 Å². The second-order valence-electron chi connectivity index (χ2n) is 6.33. The van der Waals surface area contributed by atoms with Crippen molar-refractivity contribution in [2.45, 2.75) is 38.6 Å². The quantitative estimate of drug-likeness (QED) is 0.786. The Balaban J connectivity index is 1.78. The standard InChI is InChI=1S/C18H18F3N3O3S/c1-10-23-14(9-28-10)8-22-16(25)11-5-12(18(19,20)21)7-13(6-11)24-17(26)15-3-2-4-27-15/h5-7,9,15H,2-4,8H2,1H3,(H,22,25)(H,24,26)/t15-/m0/s1. The van der Waals surface area contributed by atoms with E-state index in [-0.39, 0.29) is 17.8 Å². The molecule has 150 valence electrons. The minimum atomic E-state index is -4.66. The summed E-state index contributed by atoms with van der Waals surface area (Å²) in [5.41, 5.74) is -0.712. The molecule has 0 unspecified atom stereocenters. The number of nitrogens with one attached hydrogen (secondary N) is 2. The first-order valence-corrected chi connectivity index (χ1v) is 9.44. The summed E-state index contributed by atoms with van der Waals surface area (Å²) in [6, 6.07) is 2.76. The van der Waals surface area contributed by atoms with Crippen molar-refractivity contribution in [3.63, 3.8) is 0 Å². The number of rotatable bonds is 5. The van der Waals surface area contributed by atoms with Crippen molar-refractivity contribution < 1.29 is 27.5 Å². The molecule has 0 radical (unpaired) electrons. The molecule has 1 atom stereocenters. The van der Waals surface area contributed by atoms with E-state index in [0.717, 1.165) is 17.1 Å². The van der Waals surface area contributed by atoms with E-state index in [0.29, 0.717) is 25.1 Å². The van der Waals surface area contributed by atoms with Crippen LogP contribution in [0.15, 0.2) is 23.6 Å². The molecule has 6 nitrogen and oxygen atoms in total. The third-order valence-corrected chi connectivity index (χ3v) is 4.93. The van der Waals surface area contributed by atoms with Crippen molar-refractivity contribution >= 4 is 28.8 Å². The van der Waals surface area contributed by atoms with E-state index in [9.17, 15) is 22.8 Å². The number of halogens is 3. The molecule has 1 aromatic heterocycles. The second kappa shape index (κ2) is 8.27. The molecular weight excluding hydrogens is 395 g/mol. The molecular formula is C18H18F3N3O3S. The van der Waals surface area contributed by atoms with Gasteiger partial charge in [-0.25, -0.2) is 4.98 Å². The van der Waals surface area contributed by atoms with Gasteiger partial charge in [0.2, 0.25) is 0 Å². The Bertz CT molecular complexity index is 876. The predicted octanol–water partition coefficient (Wildman–Crippen LogP) is 3.52. The van der Waals surface area contributed by atoms with Crippen LogP contribution in [0.1, 0.15) is 39.5 Å². The van der Waals surface area contributed by atoms with E-state index in [1.807, 2.05) is 6.92 Å².